The van der Waals surface area contributed by atoms with Crippen molar-refractivity contribution >= 4 is 5.97 Å². The third-order valence-electron chi connectivity index (χ3n) is 2.08. The molecule has 0 atom stereocenters. The number of likely N-dealkylation sites (N-methyl/N-ethyl adjacent to an activating group) is 1. The zero-order valence-corrected chi connectivity index (χ0v) is 8.93. The van der Waals surface area contributed by atoms with Crippen LogP contribution in [-0.4, -0.2) is 29.6 Å². The average molecular weight is 209 g/mol. The van der Waals surface area contributed by atoms with E-state index in [9.17, 15) is 4.79 Å². The summed E-state index contributed by atoms with van der Waals surface area (Å²) < 4.78 is 4.94. The molecule has 1 rings (SSSR count). The highest BCUT2D eigenvalue weighted by molar-refractivity contribution is 5.85. The standard InChI is InChI=1S/C11H15NO3/c1-9(11(13)14)3-5-12(2)7-10-4-6-15-8-10/h3-4,6,8H,5,7H2,1-2H3,(H,13,14). The molecule has 4 heteroatoms. The molecule has 4 nitrogen and oxygen atoms in total. The van der Waals surface area contributed by atoms with Crippen LogP contribution in [0.5, 0.6) is 0 Å². The van der Waals surface area contributed by atoms with Crippen molar-refractivity contribution in [2.45, 2.75) is 13.5 Å². The molecular formula is C11H15NO3. The minimum atomic E-state index is -0.869. The van der Waals surface area contributed by atoms with E-state index in [-0.39, 0.29) is 0 Å². The van der Waals surface area contributed by atoms with Gasteiger partial charge >= 0.3 is 5.97 Å². The van der Waals surface area contributed by atoms with Crippen molar-refractivity contribution in [3.05, 3.63) is 35.8 Å². The topological polar surface area (TPSA) is 53.7 Å². The van der Waals surface area contributed by atoms with Gasteiger partial charge in [-0.2, -0.15) is 0 Å². The summed E-state index contributed by atoms with van der Waals surface area (Å²) in [6.07, 6.45) is 5.01. The second-order valence-electron chi connectivity index (χ2n) is 3.52. The van der Waals surface area contributed by atoms with E-state index < -0.39 is 5.97 Å². The molecule has 0 spiro atoms. The van der Waals surface area contributed by atoms with Crippen LogP contribution in [0.4, 0.5) is 0 Å². The lowest BCUT2D eigenvalue weighted by Crippen LogP contribution is -2.18. The third kappa shape index (κ3) is 3.99. The zero-order chi connectivity index (χ0) is 11.3. The van der Waals surface area contributed by atoms with Crippen molar-refractivity contribution < 1.29 is 14.3 Å². The van der Waals surface area contributed by atoms with Crippen molar-refractivity contribution in [3.63, 3.8) is 0 Å². The van der Waals surface area contributed by atoms with Crippen molar-refractivity contribution in [2.75, 3.05) is 13.6 Å². The number of carboxylic acids is 1. The van der Waals surface area contributed by atoms with E-state index in [4.69, 9.17) is 9.52 Å². The SMILES string of the molecule is CC(=CCN(C)Cc1ccoc1)C(=O)O. The fourth-order valence-electron chi connectivity index (χ4n) is 1.14. The van der Waals surface area contributed by atoms with Crippen LogP contribution in [0.3, 0.4) is 0 Å². The van der Waals surface area contributed by atoms with E-state index in [2.05, 4.69) is 0 Å². The largest absolute Gasteiger partial charge is 0.478 e. The Kier molecular flexibility index (Phi) is 4.12. The van der Waals surface area contributed by atoms with Gasteiger partial charge in [-0.25, -0.2) is 4.79 Å². The Morgan fingerprint density at radius 3 is 2.93 bits per heavy atom. The second-order valence-corrected chi connectivity index (χ2v) is 3.52. The minimum Gasteiger partial charge on any atom is -0.478 e. The Hall–Kier alpha value is -1.55. The highest BCUT2D eigenvalue weighted by Gasteiger charge is 2.02. The van der Waals surface area contributed by atoms with E-state index in [1.165, 1.54) is 0 Å². The smallest absolute Gasteiger partial charge is 0.330 e. The van der Waals surface area contributed by atoms with Crippen molar-refractivity contribution in [2.24, 2.45) is 0 Å². The molecule has 0 saturated carbocycles. The summed E-state index contributed by atoms with van der Waals surface area (Å²) >= 11 is 0. The van der Waals surface area contributed by atoms with Crippen LogP contribution in [0.2, 0.25) is 0 Å². The molecule has 82 valence electrons. The van der Waals surface area contributed by atoms with Gasteiger partial charge in [-0.3, -0.25) is 4.90 Å². The number of nitrogens with zero attached hydrogens (tertiary/aromatic N) is 1. The predicted octanol–water partition coefficient (Wildman–Crippen LogP) is 1.74. The number of hydrogen-bond acceptors (Lipinski definition) is 3. The van der Waals surface area contributed by atoms with Crippen molar-refractivity contribution in [1.29, 1.82) is 0 Å². The van der Waals surface area contributed by atoms with E-state index in [1.54, 1.807) is 25.5 Å². The molecular weight excluding hydrogens is 194 g/mol. The Morgan fingerprint density at radius 1 is 1.67 bits per heavy atom. The van der Waals surface area contributed by atoms with Crippen LogP contribution in [0.1, 0.15) is 12.5 Å². The third-order valence-corrected chi connectivity index (χ3v) is 2.08. The summed E-state index contributed by atoms with van der Waals surface area (Å²) in [6.45, 7) is 2.96. The maximum atomic E-state index is 10.5. The van der Waals surface area contributed by atoms with Crippen LogP contribution in [0.25, 0.3) is 0 Å². The minimum absolute atomic E-state index is 0.369. The molecule has 0 unspecified atom stereocenters. The Labute approximate surface area is 88.8 Å². The van der Waals surface area contributed by atoms with Gasteiger partial charge in [0.2, 0.25) is 0 Å². The molecule has 0 amide bonds. The van der Waals surface area contributed by atoms with Gasteiger partial charge in [0.05, 0.1) is 12.5 Å². The van der Waals surface area contributed by atoms with Crippen molar-refractivity contribution in [3.8, 4) is 0 Å². The van der Waals surface area contributed by atoms with Crippen LogP contribution in [0.15, 0.2) is 34.7 Å². The molecule has 0 bridgehead atoms. The number of furan rings is 1. The molecule has 0 aliphatic rings. The fourth-order valence-corrected chi connectivity index (χ4v) is 1.14. The van der Waals surface area contributed by atoms with E-state index >= 15 is 0 Å². The van der Waals surface area contributed by atoms with Gasteiger partial charge in [0.15, 0.2) is 0 Å². The predicted molar refractivity (Wildman–Crippen MR) is 56.4 cm³/mol. The average Bonchev–Trinajstić information content (AvgIpc) is 2.66. The Bertz CT molecular complexity index is 341. The first-order valence-corrected chi connectivity index (χ1v) is 4.69. The van der Waals surface area contributed by atoms with Crippen LogP contribution in [-0.2, 0) is 11.3 Å². The lowest BCUT2D eigenvalue weighted by atomic mass is 10.2. The van der Waals surface area contributed by atoms with E-state index in [0.717, 1.165) is 12.1 Å². The second kappa shape index (κ2) is 5.36. The van der Waals surface area contributed by atoms with Gasteiger partial charge in [0, 0.05) is 24.2 Å². The maximum Gasteiger partial charge on any atom is 0.330 e. The van der Waals surface area contributed by atoms with Crippen LogP contribution in [0, 0.1) is 0 Å². The molecule has 0 saturated heterocycles. The molecule has 0 radical (unpaired) electrons. The lowest BCUT2D eigenvalue weighted by Gasteiger charge is -2.12. The Morgan fingerprint density at radius 2 is 2.40 bits per heavy atom. The monoisotopic (exact) mass is 209 g/mol. The summed E-state index contributed by atoms with van der Waals surface area (Å²) in [7, 11) is 1.93. The van der Waals surface area contributed by atoms with Gasteiger partial charge in [0.1, 0.15) is 0 Å². The van der Waals surface area contributed by atoms with Gasteiger partial charge in [0.25, 0.3) is 0 Å². The normalized spacial score (nSPS) is 12.1. The Balaban J connectivity index is 2.40. The summed E-state index contributed by atoms with van der Waals surface area (Å²) in [5.74, 6) is -0.869. The van der Waals surface area contributed by atoms with Gasteiger partial charge in [-0.05, 0) is 20.0 Å². The molecule has 0 aromatic carbocycles. The summed E-state index contributed by atoms with van der Waals surface area (Å²) in [6, 6.07) is 1.89. The van der Waals surface area contributed by atoms with Crippen LogP contribution >= 0.6 is 0 Å². The summed E-state index contributed by atoms with van der Waals surface area (Å²) in [4.78, 5) is 12.5. The lowest BCUT2D eigenvalue weighted by molar-refractivity contribution is -0.132. The highest BCUT2D eigenvalue weighted by Crippen LogP contribution is 2.04. The molecule has 1 heterocycles. The van der Waals surface area contributed by atoms with E-state index in [1.807, 2.05) is 18.0 Å². The first kappa shape index (κ1) is 11.5. The van der Waals surface area contributed by atoms with Gasteiger partial charge < -0.3 is 9.52 Å². The quantitative estimate of drug-likeness (QED) is 0.750. The first-order valence-electron chi connectivity index (χ1n) is 4.69. The maximum absolute atomic E-state index is 10.5. The van der Waals surface area contributed by atoms with Crippen molar-refractivity contribution in [1.82, 2.24) is 4.90 Å². The summed E-state index contributed by atoms with van der Waals surface area (Å²) in [5.41, 5.74) is 1.45. The summed E-state index contributed by atoms with van der Waals surface area (Å²) in [5, 5.41) is 8.65. The number of aliphatic carboxylic acids is 1. The molecule has 0 fully saturated rings. The molecule has 1 aromatic rings. The highest BCUT2D eigenvalue weighted by atomic mass is 16.4. The first-order chi connectivity index (χ1) is 7.09. The molecule has 0 aliphatic heterocycles. The molecule has 1 aromatic heterocycles. The number of hydrogen-bond donors (Lipinski definition) is 1. The van der Waals surface area contributed by atoms with Crippen LogP contribution < -0.4 is 0 Å². The molecule has 0 aliphatic carbocycles. The number of carbonyl (C=O) groups is 1. The number of rotatable bonds is 5. The van der Waals surface area contributed by atoms with Gasteiger partial charge in [-0.1, -0.05) is 6.08 Å². The molecule has 1 N–H and O–H groups in total. The number of carboxylic acid groups (broad SMARTS) is 1. The van der Waals surface area contributed by atoms with Gasteiger partial charge in [-0.15, -0.1) is 0 Å². The molecule has 15 heavy (non-hydrogen) atoms. The zero-order valence-electron chi connectivity index (χ0n) is 8.93. The van der Waals surface area contributed by atoms with E-state index in [0.29, 0.717) is 12.1 Å². The fraction of sp³-hybridized carbons (Fsp3) is 0.364.